The number of aromatic carboxylic acids is 1. The number of carbonyl (C=O) groups is 2. The summed E-state index contributed by atoms with van der Waals surface area (Å²) >= 11 is 1.96. The standard InChI is InChI=1S/C16H14INO5/c1-22-14-8-13(11(15(19)20)7-12(14)17)18-16(21)23-9-10-5-3-2-4-6-10/h2-8H,9H2,1H3,(H,18,21)(H,19,20). The maximum atomic E-state index is 11.9. The Hall–Kier alpha value is -2.29. The number of carboxylic acids is 1. The van der Waals surface area contributed by atoms with E-state index in [1.807, 2.05) is 52.9 Å². The largest absolute Gasteiger partial charge is 0.496 e. The van der Waals surface area contributed by atoms with Gasteiger partial charge in [0.1, 0.15) is 12.4 Å². The van der Waals surface area contributed by atoms with Crippen LogP contribution in [0.3, 0.4) is 0 Å². The molecular formula is C16H14INO5. The summed E-state index contributed by atoms with van der Waals surface area (Å²) in [7, 11) is 1.47. The van der Waals surface area contributed by atoms with Gasteiger partial charge >= 0.3 is 12.1 Å². The quantitative estimate of drug-likeness (QED) is 0.711. The molecule has 120 valence electrons. The van der Waals surface area contributed by atoms with Gasteiger partial charge in [0.05, 0.1) is 21.9 Å². The number of hydrogen-bond donors (Lipinski definition) is 2. The fraction of sp³-hybridized carbons (Fsp3) is 0.125. The highest BCUT2D eigenvalue weighted by atomic mass is 127. The number of ether oxygens (including phenoxy) is 2. The summed E-state index contributed by atoms with van der Waals surface area (Å²) in [5, 5.41) is 11.7. The highest BCUT2D eigenvalue weighted by Gasteiger charge is 2.17. The summed E-state index contributed by atoms with van der Waals surface area (Å²) in [6, 6.07) is 12.1. The van der Waals surface area contributed by atoms with Crippen molar-refractivity contribution in [2.75, 3.05) is 12.4 Å². The van der Waals surface area contributed by atoms with E-state index in [9.17, 15) is 14.7 Å². The normalized spacial score (nSPS) is 10.0. The third kappa shape index (κ3) is 4.59. The van der Waals surface area contributed by atoms with Gasteiger partial charge in [-0.3, -0.25) is 5.32 Å². The number of halogens is 1. The molecule has 0 aromatic heterocycles. The Morgan fingerprint density at radius 3 is 2.52 bits per heavy atom. The highest BCUT2D eigenvalue weighted by Crippen LogP contribution is 2.28. The fourth-order valence-electron chi connectivity index (χ4n) is 1.86. The lowest BCUT2D eigenvalue weighted by molar-refractivity contribution is 0.0698. The van der Waals surface area contributed by atoms with Crippen molar-refractivity contribution in [3.05, 3.63) is 57.2 Å². The van der Waals surface area contributed by atoms with E-state index in [2.05, 4.69) is 5.32 Å². The summed E-state index contributed by atoms with van der Waals surface area (Å²) in [5.74, 6) is -0.683. The van der Waals surface area contributed by atoms with Crippen LogP contribution in [-0.2, 0) is 11.3 Å². The van der Waals surface area contributed by atoms with Crippen LogP contribution in [0.1, 0.15) is 15.9 Å². The Morgan fingerprint density at radius 1 is 1.22 bits per heavy atom. The molecule has 0 unspecified atom stereocenters. The van der Waals surface area contributed by atoms with Gasteiger partial charge in [-0.05, 0) is 34.2 Å². The first-order chi connectivity index (χ1) is 11.0. The van der Waals surface area contributed by atoms with Gasteiger partial charge in [0.25, 0.3) is 0 Å². The number of carbonyl (C=O) groups excluding carboxylic acids is 1. The van der Waals surface area contributed by atoms with Crippen LogP contribution in [-0.4, -0.2) is 24.3 Å². The number of nitrogens with one attached hydrogen (secondary N) is 1. The molecule has 0 saturated heterocycles. The van der Waals surface area contributed by atoms with E-state index >= 15 is 0 Å². The van der Waals surface area contributed by atoms with Crippen molar-refractivity contribution < 1.29 is 24.2 Å². The lowest BCUT2D eigenvalue weighted by Gasteiger charge is -2.12. The number of carboxylic acid groups (broad SMARTS) is 1. The molecule has 0 aliphatic rings. The van der Waals surface area contributed by atoms with E-state index in [0.717, 1.165) is 5.56 Å². The zero-order chi connectivity index (χ0) is 16.8. The molecule has 2 aromatic rings. The molecule has 6 nitrogen and oxygen atoms in total. The highest BCUT2D eigenvalue weighted by molar-refractivity contribution is 14.1. The second kappa shape index (κ2) is 7.82. The molecular weight excluding hydrogens is 413 g/mol. The van der Waals surface area contributed by atoms with E-state index < -0.39 is 12.1 Å². The van der Waals surface area contributed by atoms with Crippen molar-refractivity contribution in [1.29, 1.82) is 0 Å². The van der Waals surface area contributed by atoms with Gasteiger partial charge < -0.3 is 14.6 Å². The van der Waals surface area contributed by atoms with Crippen molar-refractivity contribution in [1.82, 2.24) is 0 Å². The second-order valence-corrected chi connectivity index (χ2v) is 5.69. The number of anilines is 1. The van der Waals surface area contributed by atoms with Gasteiger partial charge in [-0.2, -0.15) is 0 Å². The van der Waals surface area contributed by atoms with E-state index in [1.54, 1.807) is 0 Å². The Balaban J connectivity index is 2.11. The Labute approximate surface area is 146 Å². The van der Waals surface area contributed by atoms with Gasteiger partial charge in [-0.1, -0.05) is 30.3 Å². The molecule has 0 heterocycles. The predicted octanol–water partition coefficient (Wildman–Crippen LogP) is 3.75. The first-order valence-corrected chi connectivity index (χ1v) is 7.67. The molecule has 23 heavy (non-hydrogen) atoms. The van der Waals surface area contributed by atoms with Crippen LogP contribution < -0.4 is 10.1 Å². The first-order valence-electron chi connectivity index (χ1n) is 6.59. The van der Waals surface area contributed by atoms with Crippen LogP contribution in [0.25, 0.3) is 0 Å². The SMILES string of the molecule is COc1cc(NC(=O)OCc2ccccc2)c(C(=O)O)cc1I. The maximum Gasteiger partial charge on any atom is 0.411 e. The summed E-state index contributed by atoms with van der Waals surface area (Å²) in [5.41, 5.74) is 0.918. The molecule has 0 radical (unpaired) electrons. The molecule has 0 aliphatic heterocycles. The zero-order valence-electron chi connectivity index (χ0n) is 12.2. The smallest absolute Gasteiger partial charge is 0.411 e. The summed E-state index contributed by atoms with van der Waals surface area (Å²) < 4.78 is 10.9. The third-order valence-corrected chi connectivity index (χ3v) is 3.81. The number of rotatable bonds is 5. The van der Waals surface area contributed by atoms with E-state index in [1.165, 1.54) is 19.2 Å². The topological polar surface area (TPSA) is 84.9 Å². The molecule has 0 fully saturated rings. The fourth-order valence-corrected chi connectivity index (χ4v) is 2.55. The number of methoxy groups -OCH3 is 1. The Kier molecular flexibility index (Phi) is 5.80. The molecule has 0 saturated carbocycles. The molecule has 2 aromatic carbocycles. The lowest BCUT2D eigenvalue weighted by Crippen LogP contribution is -2.16. The average molecular weight is 427 g/mol. The van der Waals surface area contributed by atoms with Crippen LogP contribution in [0, 0.1) is 3.57 Å². The van der Waals surface area contributed by atoms with Crippen molar-refractivity contribution in [3.63, 3.8) is 0 Å². The predicted molar refractivity (Wildman–Crippen MR) is 92.9 cm³/mol. The molecule has 0 spiro atoms. The van der Waals surface area contributed by atoms with Crippen LogP contribution in [0.4, 0.5) is 10.5 Å². The molecule has 0 aliphatic carbocycles. The number of hydrogen-bond acceptors (Lipinski definition) is 4. The molecule has 0 bridgehead atoms. The average Bonchev–Trinajstić information content (AvgIpc) is 2.55. The van der Waals surface area contributed by atoms with Crippen LogP contribution >= 0.6 is 22.6 Å². The minimum atomic E-state index is -1.15. The van der Waals surface area contributed by atoms with E-state index in [0.29, 0.717) is 9.32 Å². The van der Waals surface area contributed by atoms with Gasteiger partial charge in [0.15, 0.2) is 0 Å². The minimum absolute atomic E-state index is 0.0353. The monoisotopic (exact) mass is 427 g/mol. The number of amides is 1. The Bertz CT molecular complexity index is 718. The summed E-state index contributed by atoms with van der Waals surface area (Å²) in [4.78, 5) is 23.2. The van der Waals surface area contributed by atoms with Crippen LogP contribution in [0.15, 0.2) is 42.5 Å². The number of benzene rings is 2. The summed E-state index contributed by atoms with van der Waals surface area (Å²) in [6.45, 7) is 0.0938. The molecule has 0 atom stereocenters. The van der Waals surface area contributed by atoms with E-state index in [4.69, 9.17) is 9.47 Å². The second-order valence-electron chi connectivity index (χ2n) is 4.52. The van der Waals surface area contributed by atoms with Crippen molar-refractivity contribution in [2.45, 2.75) is 6.61 Å². The van der Waals surface area contributed by atoms with Crippen molar-refractivity contribution >= 4 is 40.3 Å². The zero-order valence-corrected chi connectivity index (χ0v) is 14.4. The van der Waals surface area contributed by atoms with Crippen molar-refractivity contribution in [2.24, 2.45) is 0 Å². The van der Waals surface area contributed by atoms with Crippen LogP contribution in [0.5, 0.6) is 5.75 Å². The molecule has 2 rings (SSSR count). The lowest BCUT2D eigenvalue weighted by atomic mass is 10.1. The first kappa shape index (κ1) is 17.1. The molecule has 2 N–H and O–H groups in total. The third-order valence-electron chi connectivity index (χ3n) is 2.97. The van der Waals surface area contributed by atoms with Gasteiger partial charge in [0.2, 0.25) is 0 Å². The van der Waals surface area contributed by atoms with Crippen LogP contribution in [0.2, 0.25) is 0 Å². The van der Waals surface area contributed by atoms with Gasteiger partial charge in [-0.25, -0.2) is 9.59 Å². The molecule has 7 heteroatoms. The summed E-state index contributed by atoms with van der Waals surface area (Å²) in [6.07, 6.45) is -0.736. The molecule has 1 amide bonds. The minimum Gasteiger partial charge on any atom is -0.496 e. The van der Waals surface area contributed by atoms with Gasteiger partial charge in [-0.15, -0.1) is 0 Å². The van der Waals surface area contributed by atoms with Crippen molar-refractivity contribution in [3.8, 4) is 5.75 Å². The van der Waals surface area contributed by atoms with E-state index in [-0.39, 0.29) is 17.9 Å². The van der Waals surface area contributed by atoms with Gasteiger partial charge in [0, 0.05) is 6.07 Å². The Morgan fingerprint density at radius 2 is 1.91 bits per heavy atom. The maximum absolute atomic E-state index is 11.9.